The Hall–Kier alpha value is -0.980. The Kier molecular flexibility index (Phi) is 2.85. The number of hydrogen-bond acceptors (Lipinski definition) is 5. The minimum Gasteiger partial charge on any atom is -0.381 e. The first-order valence-electron chi connectivity index (χ1n) is 6.11. The molecular formula is C11H18N4O2. The van der Waals surface area contributed by atoms with Crippen molar-refractivity contribution in [3.63, 3.8) is 0 Å². The topological polar surface area (TPSA) is 61.2 Å². The summed E-state index contributed by atoms with van der Waals surface area (Å²) in [6, 6.07) is 0.133. The van der Waals surface area contributed by atoms with Gasteiger partial charge >= 0.3 is 0 Å². The van der Waals surface area contributed by atoms with Crippen molar-refractivity contribution < 1.29 is 9.47 Å². The fourth-order valence-electron chi connectivity index (χ4n) is 2.74. The van der Waals surface area contributed by atoms with Crippen molar-refractivity contribution in [2.45, 2.75) is 24.5 Å². The van der Waals surface area contributed by atoms with Crippen molar-refractivity contribution >= 4 is 0 Å². The van der Waals surface area contributed by atoms with E-state index in [2.05, 4.69) is 15.5 Å². The molecule has 0 bridgehead atoms. The smallest absolute Gasteiger partial charge is 0.103 e. The largest absolute Gasteiger partial charge is 0.381 e. The second kappa shape index (κ2) is 4.36. The van der Waals surface area contributed by atoms with Crippen molar-refractivity contribution in [3.8, 4) is 0 Å². The van der Waals surface area contributed by atoms with E-state index in [1.54, 1.807) is 4.80 Å². The van der Waals surface area contributed by atoms with E-state index in [1.165, 1.54) is 0 Å². The van der Waals surface area contributed by atoms with E-state index in [4.69, 9.17) is 9.47 Å². The van der Waals surface area contributed by atoms with Gasteiger partial charge in [0.15, 0.2) is 0 Å². The van der Waals surface area contributed by atoms with Crippen LogP contribution in [0.15, 0.2) is 6.20 Å². The van der Waals surface area contributed by atoms with Crippen LogP contribution in [0.3, 0.4) is 0 Å². The van der Waals surface area contributed by atoms with Gasteiger partial charge in [0.05, 0.1) is 24.4 Å². The SMILES string of the molecule is Cn1ncc(C2NCCOC23CCOCC3)n1. The normalized spacial score (nSPS) is 28.4. The quantitative estimate of drug-likeness (QED) is 0.747. The van der Waals surface area contributed by atoms with Crippen LogP contribution in [0.4, 0.5) is 0 Å². The number of rotatable bonds is 1. The molecular weight excluding hydrogens is 220 g/mol. The Morgan fingerprint density at radius 3 is 2.94 bits per heavy atom. The van der Waals surface area contributed by atoms with E-state index >= 15 is 0 Å². The third-order valence-corrected chi connectivity index (χ3v) is 3.62. The number of nitrogens with one attached hydrogen (secondary N) is 1. The summed E-state index contributed by atoms with van der Waals surface area (Å²) >= 11 is 0. The monoisotopic (exact) mass is 238 g/mol. The number of hydrogen-bond donors (Lipinski definition) is 1. The molecule has 2 aliphatic rings. The average molecular weight is 238 g/mol. The number of ether oxygens (including phenoxy) is 2. The number of nitrogens with zero attached hydrogens (tertiary/aromatic N) is 3. The molecule has 2 saturated heterocycles. The summed E-state index contributed by atoms with van der Waals surface area (Å²) in [6.45, 7) is 3.15. The Morgan fingerprint density at radius 2 is 2.24 bits per heavy atom. The first-order chi connectivity index (χ1) is 8.30. The van der Waals surface area contributed by atoms with E-state index in [9.17, 15) is 0 Å². The molecule has 0 aliphatic carbocycles. The number of morpholine rings is 1. The van der Waals surface area contributed by atoms with Crippen LogP contribution in [-0.4, -0.2) is 47.0 Å². The van der Waals surface area contributed by atoms with Gasteiger partial charge < -0.3 is 14.8 Å². The molecule has 3 rings (SSSR count). The lowest BCUT2D eigenvalue weighted by atomic mass is 9.83. The van der Waals surface area contributed by atoms with Gasteiger partial charge in [-0.25, -0.2) is 0 Å². The van der Waals surface area contributed by atoms with Gasteiger partial charge in [-0.15, -0.1) is 0 Å². The molecule has 1 atom stereocenters. The molecule has 17 heavy (non-hydrogen) atoms. The van der Waals surface area contributed by atoms with Gasteiger partial charge in [0, 0.05) is 39.6 Å². The van der Waals surface area contributed by atoms with Crippen LogP contribution in [0, 0.1) is 0 Å². The Balaban J connectivity index is 1.89. The van der Waals surface area contributed by atoms with E-state index in [-0.39, 0.29) is 11.6 Å². The van der Waals surface area contributed by atoms with Gasteiger partial charge in [-0.1, -0.05) is 0 Å². The van der Waals surface area contributed by atoms with Crippen LogP contribution >= 0.6 is 0 Å². The van der Waals surface area contributed by atoms with E-state index < -0.39 is 0 Å². The summed E-state index contributed by atoms with van der Waals surface area (Å²) in [6.07, 6.45) is 3.66. The van der Waals surface area contributed by atoms with Gasteiger partial charge in [0.2, 0.25) is 0 Å². The first-order valence-corrected chi connectivity index (χ1v) is 6.11. The Labute approximate surface area is 100 Å². The van der Waals surface area contributed by atoms with Gasteiger partial charge in [-0.2, -0.15) is 15.0 Å². The summed E-state index contributed by atoms with van der Waals surface area (Å²) in [5.41, 5.74) is 0.807. The summed E-state index contributed by atoms with van der Waals surface area (Å²) < 4.78 is 11.5. The predicted octanol–water partition coefficient (Wildman–Crippen LogP) is 0.0252. The average Bonchev–Trinajstić information content (AvgIpc) is 2.77. The maximum atomic E-state index is 6.06. The minimum atomic E-state index is -0.160. The fraction of sp³-hybridized carbons (Fsp3) is 0.818. The highest BCUT2D eigenvalue weighted by Gasteiger charge is 2.45. The molecule has 1 spiro atoms. The second-order valence-electron chi connectivity index (χ2n) is 4.67. The van der Waals surface area contributed by atoms with E-state index in [0.717, 1.165) is 44.9 Å². The van der Waals surface area contributed by atoms with Gasteiger partial charge in [-0.05, 0) is 0 Å². The van der Waals surface area contributed by atoms with Gasteiger partial charge in [0.25, 0.3) is 0 Å². The number of aryl methyl sites for hydroxylation is 1. The van der Waals surface area contributed by atoms with Crippen molar-refractivity contribution in [2.75, 3.05) is 26.4 Å². The van der Waals surface area contributed by atoms with Crippen LogP contribution in [0.25, 0.3) is 0 Å². The van der Waals surface area contributed by atoms with Crippen LogP contribution in [0.5, 0.6) is 0 Å². The molecule has 2 aliphatic heterocycles. The molecule has 0 aromatic carbocycles. The van der Waals surface area contributed by atoms with Crippen molar-refractivity contribution in [3.05, 3.63) is 11.9 Å². The zero-order valence-electron chi connectivity index (χ0n) is 10.1. The van der Waals surface area contributed by atoms with Gasteiger partial charge in [-0.3, -0.25) is 0 Å². The minimum absolute atomic E-state index is 0.133. The van der Waals surface area contributed by atoms with Crippen LogP contribution < -0.4 is 5.32 Å². The Morgan fingerprint density at radius 1 is 1.41 bits per heavy atom. The summed E-state index contributed by atoms with van der Waals surface area (Å²) in [4.78, 5) is 1.60. The van der Waals surface area contributed by atoms with E-state index in [0.29, 0.717) is 0 Å². The molecule has 0 saturated carbocycles. The number of aromatic nitrogens is 3. The van der Waals surface area contributed by atoms with Gasteiger partial charge in [0.1, 0.15) is 5.69 Å². The zero-order valence-corrected chi connectivity index (χ0v) is 10.1. The lowest BCUT2D eigenvalue weighted by Crippen LogP contribution is -2.55. The Bertz CT molecular complexity index is 378. The van der Waals surface area contributed by atoms with Crippen LogP contribution in [0.2, 0.25) is 0 Å². The molecule has 0 amide bonds. The molecule has 1 aromatic heterocycles. The van der Waals surface area contributed by atoms with Crippen molar-refractivity contribution in [1.82, 2.24) is 20.3 Å². The maximum Gasteiger partial charge on any atom is 0.103 e. The molecule has 3 heterocycles. The molecule has 1 unspecified atom stereocenters. The third kappa shape index (κ3) is 1.96. The highest BCUT2D eigenvalue weighted by atomic mass is 16.5. The summed E-state index contributed by atoms with van der Waals surface area (Å²) in [5.74, 6) is 0. The van der Waals surface area contributed by atoms with Crippen LogP contribution in [-0.2, 0) is 16.5 Å². The molecule has 1 N–H and O–H groups in total. The molecule has 2 fully saturated rings. The highest BCUT2D eigenvalue weighted by Crippen LogP contribution is 2.38. The molecule has 0 radical (unpaired) electrons. The summed E-state index contributed by atoms with van der Waals surface area (Å²) in [5, 5.41) is 12.1. The molecule has 94 valence electrons. The predicted molar refractivity (Wildman–Crippen MR) is 60.5 cm³/mol. The van der Waals surface area contributed by atoms with E-state index in [1.807, 2.05) is 13.2 Å². The lowest BCUT2D eigenvalue weighted by Gasteiger charge is -2.45. The van der Waals surface area contributed by atoms with Crippen LogP contribution in [0.1, 0.15) is 24.6 Å². The molecule has 6 nitrogen and oxygen atoms in total. The second-order valence-corrected chi connectivity index (χ2v) is 4.67. The molecule has 6 heteroatoms. The highest BCUT2D eigenvalue weighted by molar-refractivity contribution is 5.11. The fourth-order valence-corrected chi connectivity index (χ4v) is 2.74. The molecule has 1 aromatic rings. The van der Waals surface area contributed by atoms with Crippen molar-refractivity contribution in [1.29, 1.82) is 0 Å². The first kappa shape index (κ1) is 11.1. The zero-order chi connectivity index (χ0) is 11.7. The standard InChI is InChI=1S/C11H18N4O2/c1-15-13-8-9(14-15)10-11(17-7-4-12-10)2-5-16-6-3-11/h8,10,12H,2-7H2,1H3. The summed E-state index contributed by atoms with van der Waals surface area (Å²) in [7, 11) is 1.84. The lowest BCUT2D eigenvalue weighted by molar-refractivity contribution is -0.150. The van der Waals surface area contributed by atoms with Crippen molar-refractivity contribution in [2.24, 2.45) is 7.05 Å². The third-order valence-electron chi connectivity index (χ3n) is 3.62. The maximum absolute atomic E-state index is 6.06.